The first-order valence-electron chi connectivity index (χ1n) is 5.03. The summed E-state index contributed by atoms with van der Waals surface area (Å²) < 4.78 is 30.1. The Bertz CT molecular complexity index is 276. The van der Waals surface area contributed by atoms with Crippen molar-refractivity contribution in [3.05, 3.63) is 0 Å². The summed E-state index contributed by atoms with van der Waals surface area (Å²) in [4.78, 5) is 0. The maximum Gasteiger partial charge on any atom is 0.214 e. The maximum absolute atomic E-state index is 11.6. The van der Waals surface area contributed by atoms with E-state index in [1.165, 1.54) is 0 Å². The minimum atomic E-state index is -3.02. The number of sulfonamides is 1. The zero-order valence-electron chi connectivity index (χ0n) is 9.06. The van der Waals surface area contributed by atoms with Crippen LogP contribution in [0.15, 0.2) is 0 Å². The molecule has 1 rings (SSSR count). The second-order valence-corrected chi connectivity index (χ2v) is 5.95. The van der Waals surface area contributed by atoms with Crippen molar-refractivity contribution in [2.75, 3.05) is 19.4 Å². The fourth-order valence-corrected chi connectivity index (χ4v) is 3.25. The van der Waals surface area contributed by atoms with Gasteiger partial charge in [-0.15, -0.1) is 0 Å². The summed E-state index contributed by atoms with van der Waals surface area (Å²) in [5.74, 6) is 0.189. The lowest BCUT2D eigenvalue weighted by Gasteiger charge is -2.35. The Kier molecular flexibility index (Phi) is 3.92. The van der Waals surface area contributed by atoms with Crippen LogP contribution in [0.2, 0.25) is 0 Å². The lowest BCUT2D eigenvalue weighted by Crippen LogP contribution is -2.46. The van der Waals surface area contributed by atoms with Gasteiger partial charge in [-0.3, -0.25) is 0 Å². The molecule has 4 nitrogen and oxygen atoms in total. The summed E-state index contributed by atoms with van der Waals surface area (Å²) in [6, 6.07) is 0.0682. The molecular formula is C9H19NO3S. The Morgan fingerprint density at radius 3 is 2.57 bits per heavy atom. The topological polar surface area (TPSA) is 46.6 Å². The second kappa shape index (κ2) is 4.59. The Hall–Kier alpha value is -0.130. The molecule has 0 bridgehead atoms. The molecule has 0 aromatic carbocycles. The highest BCUT2D eigenvalue weighted by atomic mass is 32.2. The Morgan fingerprint density at radius 2 is 2.14 bits per heavy atom. The van der Waals surface area contributed by atoms with Gasteiger partial charge in [0.05, 0.1) is 11.9 Å². The van der Waals surface area contributed by atoms with E-state index in [1.54, 1.807) is 18.3 Å². The molecule has 0 radical (unpaired) electrons. The molecule has 0 aromatic heterocycles. The third kappa shape index (κ3) is 2.46. The van der Waals surface area contributed by atoms with Gasteiger partial charge in [-0.05, 0) is 26.7 Å². The monoisotopic (exact) mass is 221 g/mol. The molecular weight excluding hydrogens is 202 g/mol. The van der Waals surface area contributed by atoms with E-state index in [0.717, 1.165) is 12.8 Å². The van der Waals surface area contributed by atoms with Crippen LogP contribution in [0.3, 0.4) is 0 Å². The Balaban J connectivity index is 2.67. The molecule has 84 valence electrons. The van der Waals surface area contributed by atoms with E-state index in [0.29, 0.717) is 6.54 Å². The highest BCUT2D eigenvalue weighted by Crippen LogP contribution is 2.22. The van der Waals surface area contributed by atoms with Crippen molar-refractivity contribution in [3.63, 3.8) is 0 Å². The average Bonchev–Trinajstić information content (AvgIpc) is 2.17. The molecule has 0 N–H and O–H groups in total. The third-order valence-electron chi connectivity index (χ3n) is 2.82. The highest BCUT2D eigenvalue weighted by Gasteiger charge is 2.32. The van der Waals surface area contributed by atoms with E-state index in [4.69, 9.17) is 4.74 Å². The predicted molar refractivity (Wildman–Crippen MR) is 55.7 cm³/mol. The molecule has 0 saturated carbocycles. The minimum Gasteiger partial charge on any atom is -0.381 e. The average molecular weight is 221 g/mol. The molecule has 2 unspecified atom stereocenters. The number of rotatable bonds is 3. The van der Waals surface area contributed by atoms with Crippen LogP contribution in [-0.4, -0.2) is 44.3 Å². The summed E-state index contributed by atoms with van der Waals surface area (Å²) >= 11 is 0. The lowest BCUT2D eigenvalue weighted by atomic mass is 10.0. The van der Waals surface area contributed by atoms with Gasteiger partial charge in [0, 0.05) is 19.7 Å². The van der Waals surface area contributed by atoms with Gasteiger partial charge >= 0.3 is 0 Å². The molecule has 1 aliphatic rings. The second-order valence-electron chi connectivity index (χ2n) is 3.74. The molecule has 0 amide bonds. The van der Waals surface area contributed by atoms with Gasteiger partial charge in [-0.25, -0.2) is 8.42 Å². The first-order valence-corrected chi connectivity index (χ1v) is 6.64. The fraction of sp³-hybridized carbons (Fsp3) is 1.00. The van der Waals surface area contributed by atoms with E-state index < -0.39 is 10.0 Å². The summed E-state index contributed by atoms with van der Waals surface area (Å²) in [6.45, 7) is 4.22. The quantitative estimate of drug-likeness (QED) is 0.709. The SMILES string of the molecule is CCS(=O)(=O)N1CCC(OC)CC1C. The zero-order valence-corrected chi connectivity index (χ0v) is 9.88. The van der Waals surface area contributed by atoms with Crippen LogP contribution < -0.4 is 0 Å². The highest BCUT2D eigenvalue weighted by molar-refractivity contribution is 7.89. The molecule has 0 aliphatic carbocycles. The Morgan fingerprint density at radius 1 is 1.50 bits per heavy atom. The number of hydrogen-bond donors (Lipinski definition) is 0. The third-order valence-corrected chi connectivity index (χ3v) is 4.81. The smallest absolute Gasteiger partial charge is 0.214 e. The largest absolute Gasteiger partial charge is 0.381 e. The van der Waals surface area contributed by atoms with Crippen LogP contribution in [0.4, 0.5) is 0 Å². The van der Waals surface area contributed by atoms with Crippen molar-refractivity contribution in [1.82, 2.24) is 4.31 Å². The molecule has 2 atom stereocenters. The predicted octanol–water partition coefficient (Wildman–Crippen LogP) is 0.835. The van der Waals surface area contributed by atoms with Crippen molar-refractivity contribution in [1.29, 1.82) is 0 Å². The van der Waals surface area contributed by atoms with Crippen molar-refractivity contribution in [2.24, 2.45) is 0 Å². The maximum atomic E-state index is 11.6. The molecule has 1 fully saturated rings. The number of hydrogen-bond acceptors (Lipinski definition) is 3. The molecule has 1 aliphatic heterocycles. The van der Waals surface area contributed by atoms with Gasteiger partial charge in [-0.2, -0.15) is 4.31 Å². The van der Waals surface area contributed by atoms with Crippen molar-refractivity contribution in [3.8, 4) is 0 Å². The zero-order chi connectivity index (χ0) is 10.8. The number of ether oxygens (including phenoxy) is 1. The van der Waals surface area contributed by atoms with Crippen molar-refractivity contribution < 1.29 is 13.2 Å². The van der Waals surface area contributed by atoms with Gasteiger partial charge < -0.3 is 4.74 Å². The number of methoxy groups -OCH3 is 1. The van der Waals surface area contributed by atoms with Crippen LogP contribution in [0.25, 0.3) is 0 Å². The van der Waals surface area contributed by atoms with Gasteiger partial charge in [0.15, 0.2) is 0 Å². The fourth-order valence-electron chi connectivity index (χ4n) is 1.90. The number of piperidine rings is 1. The van der Waals surface area contributed by atoms with Crippen molar-refractivity contribution in [2.45, 2.75) is 38.8 Å². The van der Waals surface area contributed by atoms with E-state index in [-0.39, 0.29) is 17.9 Å². The summed E-state index contributed by atoms with van der Waals surface area (Å²) in [5.41, 5.74) is 0. The van der Waals surface area contributed by atoms with E-state index in [2.05, 4.69) is 0 Å². The minimum absolute atomic E-state index is 0.0682. The number of nitrogens with zero attached hydrogens (tertiary/aromatic N) is 1. The van der Waals surface area contributed by atoms with E-state index >= 15 is 0 Å². The van der Waals surface area contributed by atoms with Gasteiger partial charge in [0.25, 0.3) is 0 Å². The van der Waals surface area contributed by atoms with Crippen LogP contribution in [-0.2, 0) is 14.8 Å². The first kappa shape index (κ1) is 11.9. The molecule has 0 aromatic rings. The normalized spacial score (nSPS) is 30.5. The van der Waals surface area contributed by atoms with Gasteiger partial charge in [-0.1, -0.05) is 0 Å². The molecule has 1 saturated heterocycles. The van der Waals surface area contributed by atoms with E-state index in [9.17, 15) is 8.42 Å². The van der Waals surface area contributed by atoms with Gasteiger partial charge in [0.1, 0.15) is 0 Å². The molecule has 0 spiro atoms. The van der Waals surface area contributed by atoms with Gasteiger partial charge in [0.2, 0.25) is 10.0 Å². The van der Waals surface area contributed by atoms with Crippen LogP contribution in [0.1, 0.15) is 26.7 Å². The first-order chi connectivity index (χ1) is 6.51. The van der Waals surface area contributed by atoms with Crippen molar-refractivity contribution >= 4 is 10.0 Å². The summed E-state index contributed by atoms with van der Waals surface area (Å²) in [6.07, 6.45) is 1.82. The lowest BCUT2D eigenvalue weighted by molar-refractivity contribution is 0.0423. The van der Waals surface area contributed by atoms with Crippen LogP contribution >= 0.6 is 0 Å². The summed E-state index contributed by atoms with van der Waals surface area (Å²) in [5, 5.41) is 0. The van der Waals surface area contributed by atoms with E-state index in [1.807, 2.05) is 6.92 Å². The molecule has 5 heteroatoms. The Labute approximate surface area is 86.3 Å². The molecule has 14 heavy (non-hydrogen) atoms. The van der Waals surface area contributed by atoms with Crippen LogP contribution in [0, 0.1) is 0 Å². The summed E-state index contributed by atoms with van der Waals surface area (Å²) in [7, 11) is -1.34. The molecule has 1 heterocycles. The standard InChI is InChI=1S/C9H19NO3S/c1-4-14(11,12)10-6-5-9(13-3)7-8(10)2/h8-9H,4-7H2,1-3H3. The van der Waals surface area contributed by atoms with Crippen LogP contribution in [0.5, 0.6) is 0 Å².